The monoisotopic (exact) mass is 261 g/mol. The Kier molecular flexibility index (Phi) is 4.56. The standard InChI is InChI=1S/C16H27N3/c1-16(2,3)13-7-5-12(6-8-13)15-18-10-9-14(19-15)11-17-4/h9-10,12-13,17H,5-8,11H2,1-4H3. The van der Waals surface area contributed by atoms with Gasteiger partial charge in [0.05, 0.1) is 5.69 Å². The summed E-state index contributed by atoms with van der Waals surface area (Å²) in [5.41, 5.74) is 1.55. The molecule has 3 heteroatoms. The van der Waals surface area contributed by atoms with Crippen LogP contribution in [0.3, 0.4) is 0 Å². The van der Waals surface area contributed by atoms with E-state index in [0.29, 0.717) is 11.3 Å². The summed E-state index contributed by atoms with van der Waals surface area (Å²) in [4.78, 5) is 9.19. The van der Waals surface area contributed by atoms with E-state index >= 15 is 0 Å². The molecule has 0 radical (unpaired) electrons. The van der Waals surface area contributed by atoms with E-state index in [0.717, 1.165) is 24.0 Å². The van der Waals surface area contributed by atoms with E-state index in [4.69, 9.17) is 4.98 Å². The second kappa shape index (κ2) is 6.00. The molecule has 0 spiro atoms. The molecule has 3 nitrogen and oxygen atoms in total. The Balaban J connectivity index is 1.99. The lowest BCUT2D eigenvalue weighted by molar-refractivity contribution is 0.167. The molecule has 1 heterocycles. The third-order valence-corrected chi connectivity index (χ3v) is 4.41. The molecule has 0 saturated heterocycles. The van der Waals surface area contributed by atoms with Crippen molar-refractivity contribution >= 4 is 0 Å². The number of rotatable bonds is 3. The van der Waals surface area contributed by atoms with Crippen molar-refractivity contribution in [3.63, 3.8) is 0 Å². The molecule has 1 aliphatic carbocycles. The van der Waals surface area contributed by atoms with Gasteiger partial charge in [-0.15, -0.1) is 0 Å². The first-order valence-electron chi connectivity index (χ1n) is 7.47. The largest absolute Gasteiger partial charge is 0.314 e. The zero-order chi connectivity index (χ0) is 13.9. The van der Waals surface area contributed by atoms with Gasteiger partial charge >= 0.3 is 0 Å². The molecule has 0 aromatic carbocycles. The molecule has 0 atom stereocenters. The quantitative estimate of drug-likeness (QED) is 0.904. The van der Waals surface area contributed by atoms with E-state index < -0.39 is 0 Å². The van der Waals surface area contributed by atoms with Gasteiger partial charge in [-0.1, -0.05) is 20.8 Å². The molecule has 0 aliphatic heterocycles. The molecular formula is C16H27N3. The number of hydrogen-bond donors (Lipinski definition) is 1. The van der Waals surface area contributed by atoms with Crippen LogP contribution in [0.25, 0.3) is 0 Å². The lowest BCUT2D eigenvalue weighted by atomic mass is 9.69. The van der Waals surface area contributed by atoms with Gasteiger partial charge in [-0.25, -0.2) is 9.97 Å². The van der Waals surface area contributed by atoms with Crippen LogP contribution >= 0.6 is 0 Å². The molecule has 1 fully saturated rings. The molecule has 106 valence electrons. The van der Waals surface area contributed by atoms with Gasteiger partial charge in [0, 0.05) is 18.7 Å². The summed E-state index contributed by atoms with van der Waals surface area (Å²) in [5, 5.41) is 3.15. The van der Waals surface area contributed by atoms with Gasteiger partial charge in [0.2, 0.25) is 0 Å². The molecule has 19 heavy (non-hydrogen) atoms. The van der Waals surface area contributed by atoms with Crippen molar-refractivity contribution in [1.29, 1.82) is 0 Å². The third-order valence-electron chi connectivity index (χ3n) is 4.41. The summed E-state index contributed by atoms with van der Waals surface area (Å²) in [6.07, 6.45) is 7.02. The highest BCUT2D eigenvalue weighted by molar-refractivity contribution is 5.06. The highest BCUT2D eigenvalue weighted by Crippen LogP contribution is 2.42. The summed E-state index contributed by atoms with van der Waals surface area (Å²) >= 11 is 0. The molecule has 0 bridgehead atoms. The summed E-state index contributed by atoms with van der Waals surface area (Å²) in [6, 6.07) is 2.00. The van der Waals surface area contributed by atoms with Gasteiger partial charge < -0.3 is 5.32 Å². The fourth-order valence-corrected chi connectivity index (χ4v) is 3.11. The Labute approximate surface area is 117 Å². The Morgan fingerprint density at radius 1 is 1.21 bits per heavy atom. The SMILES string of the molecule is CNCc1ccnc(C2CCC(C(C)(C)C)CC2)n1. The highest BCUT2D eigenvalue weighted by atomic mass is 14.9. The summed E-state index contributed by atoms with van der Waals surface area (Å²) in [7, 11) is 1.95. The Morgan fingerprint density at radius 3 is 2.47 bits per heavy atom. The fraction of sp³-hybridized carbons (Fsp3) is 0.750. The molecule has 1 aromatic heterocycles. The maximum Gasteiger partial charge on any atom is 0.131 e. The van der Waals surface area contributed by atoms with Crippen molar-refractivity contribution in [2.75, 3.05) is 7.05 Å². The maximum absolute atomic E-state index is 4.70. The minimum atomic E-state index is 0.444. The molecule has 1 saturated carbocycles. The van der Waals surface area contributed by atoms with Crippen LogP contribution in [0.4, 0.5) is 0 Å². The van der Waals surface area contributed by atoms with Crippen LogP contribution in [-0.2, 0) is 6.54 Å². The number of nitrogens with zero attached hydrogens (tertiary/aromatic N) is 2. The normalized spacial score (nSPS) is 24.4. The Bertz CT molecular complexity index is 401. The topological polar surface area (TPSA) is 37.8 Å². The van der Waals surface area contributed by atoms with Crippen molar-refractivity contribution in [2.45, 2.75) is 58.9 Å². The Hall–Kier alpha value is -0.960. The average Bonchev–Trinajstić information content (AvgIpc) is 2.39. The fourth-order valence-electron chi connectivity index (χ4n) is 3.11. The van der Waals surface area contributed by atoms with Gasteiger partial charge in [0.25, 0.3) is 0 Å². The summed E-state index contributed by atoms with van der Waals surface area (Å²) < 4.78 is 0. The minimum absolute atomic E-state index is 0.444. The zero-order valence-corrected chi connectivity index (χ0v) is 12.7. The van der Waals surface area contributed by atoms with Crippen molar-refractivity contribution in [1.82, 2.24) is 15.3 Å². The summed E-state index contributed by atoms with van der Waals surface area (Å²) in [5.74, 6) is 2.47. The highest BCUT2D eigenvalue weighted by Gasteiger charge is 2.31. The second-order valence-electron chi connectivity index (χ2n) is 6.85. The molecule has 0 amide bonds. The first-order valence-corrected chi connectivity index (χ1v) is 7.47. The Morgan fingerprint density at radius 2 is 1.89 bits per heavy atom. The predicted octanol–water partition coefficient (Wildman–Crippen LogP) is 3.52. The lowest BCUT2D eigenvalue weighted by Crippen LogP contribution is -2.26. The van der Waals surface area contributed by atoms with E-state index in [1.54, 1.807) is 0 Å². The smallest absolute Gasteiger partial charge is 0.131 e. The summed E-state index contributed by atoms with van der Waals surface area (Å²) in [6.45, 7) is 7.92. The van der Waals surface area contributed by atoms with E-state index in [-0.39, 0.29) is 0 Å². The number of hydrogen-bond acceptors (Lipinski definition) is 3. The zero-order valence-electron chi connectivity index (χ0n) is 12.7. The lowest BCUT2D eigenvalue weighted by Gasteiger charge is -2.36. The van der Waals surface area contributed by atoms with Gasteiger partial charge in [-0.05, 0) is 50.1 Å². The average molecular weight is 261 g/mol. The van der Waals surface area contributed by atoms with Gasteiger partial charge in [0.15, 0.2) is 0 Å². The number of nitrogens with one attached hydrogen (secondary N) is 1. The molecule has 2 rings (SSSR count). The third kappa shape index (κ3) is 3.75. The minimum Gasteiger partial charge on any atom is -0.314 e. The molecule has 1 aliphatic rings. The van der Waals surface area contributed by atoms with Crippen LogP contribution in [0.1, 0.15) is 63.9 Å². The van der Waals surface area contributed by atoms with E-state index in [1.165, 1.54) is 25.7 Å². The first-order chi connectivity index (χ1) is 9.00. The molecule has 1 N–H and O–H groups in total. The molecule has 0 unspecified atom stereocenters. The van der Waals surface area contributed by atoms with Crippen molar-refractivity contribution < 1.29 is 0 Å². The molecular weight excluding hydrogens is 234 g/mol. The van der Waals surface area contributed by atoms with Gasteiger partial charge in [-0.3, -0.25) is 0 Å². The van der Waals surface area contributed by atoms with E-state index in [9.17, 15) is 0 Å². The van der Waals surface area contributed by atoms with Crippen LogP contribution in [0.15, 0.2) is 12.3 Å². The molecule has 1 aromatic rings. The van der Waals surface area contributed by atoms with E-state index in [1.807, 2.05) is 19.3 Å². The predicted molar refractivity (Wildman–Crippen MR) is 78.9 cm³/mol. The van der Waals surface area contributed by atoms with Gasteiger partial charge in [0.1, 0.15) is 5.82 Å². The van der Waals surface area contributed by atoms with Crippen LogP contribution in [0.2, 0.25) is 0 Å². The van der Waals surface area contributed by atoms with Gasteiger partial charge in [-0.2, -0.15) is 0 Å². The second-order valence-corrected chi connectivity index (χ2v) is 6.85. The van der Waals surface area contributed by atoms with Crippen molar-refractivity contribution in [3.8, 4) is 0 Å². The van der Waals surface area contributed by atoms with Crippen LogP contribution in [0, 0.1) is 11.3 Å². The van der Waals surface area contributed by atoms with Crippen LogP contribution in [-0.4, -0.2) is 17.0 Å². The first kappa shape index (κ1) is 14.4. The van der Waals surface area contributed by atoms with Crippen LogP contribution < -0.4 is 5.32 Å². The number of aromatic nitrogens is 2. The van der Waals surface area contributed by atoms with E-state index in [2.05, 4.69) is 31.1 Å². The van der Waals surface area contributed by atoms with Crippen molar-refractivity contribution in [3.05, 3.63) is 23.8 Å². The maximum atomic E-state index is 4.70. The van der Waals surface area contributed by atoms with Crippen LogP contribution in [0.5, 0.6) is 0 Å². The van der Waals surface area contributed by atoms with Crippen molar-refractivity contribution in [2.24, 2.45) is 11.3 Å².